The van der Waals surface area contributed by atoms with Crippen molar-refractivity contribution in [3.63, 3.8) is 0 Å². The number of esters is 1. The number of amides is 2. The van der Waals surface area contributed by atoms with Gasteiger partial charge in [0.25, 0.3) is 5.69 Å². The number of Topliss-reactive ketones (excluding diaryl/α,β-unsaturated/α-hetero) is 1. The van der Waals surface area contributed by atoms with Crippen molar-refractivity contribution >= 4 is 45.8 Å². The van der Waals surface area contributed by atoms with Gasteiger partial charge in [-0.3, -0.25) is 29.4 Å². The summed E-state index contributed by atoms with van der Waals surface area (Å²) in [5.41, 5.74) is 3.09. The summed E-state index contributed by atoms with van der Waals surface area (Å²) in [5.74, 6) is -2.11. The van der Waals surface area contributed by atoms with Gasteiger partial charge in [0.15, 0.2) is 6.61 Å². The minimum Gasteiger partial charge on any atom is -0.454 e. The molecule has 2 amide bonds. The SMILES string of the molecule is Cc1ccc2nc(-c3ccc(N4C(=O)C5CCCCC5C4=O)cc3)cc(C(=O)OCC(=O)c3cccc([N+](=O)[O-])c3)c2c1. The summed E-state index contributed by atoms with van der Waals surface area (Å²) >= 11 is 0. The summed E-state index contributed by atoms with van der Waals surface area (Å²) < 4.78 is 5.37. The van der Waals surface area contributed by atoms with Gasteiger partial charge in [-0.2, -0.15) is 0 Å². The fourth-order valence-corrected chi connectivity index (χ4v) is 5.94. The lowest BCUT2D eigenvalue weighted by Crippen LogP contribution is -2.30. The Morgan fingerprint density at radius 3 is 2.33 bits per heavy atom. The number of fused-ring (bicyclic) bond motifs is 2. The zero-order valence-electron chi connectivity index (χ0n) is 23.3. The normalized spacial score (nSPS) is 18.0. The first-order valence-electron chi connectivity index (χ1n) is 14.1. The maximum atomic E-state index is 13.3. The van der Waals surface area contributed by atoms with Crippen LogP contribution in [0, 0.1) is 28.9 Å². The number of ether oxygens (including phenoxy) is 1. The molecule has 0 radical (unpaired) electrons. The van der Waals surface area contributed by atoms with Crippen LogP contribution in [-0.4, -0.2) is 40.1 Å². The molecule has 216 valence electrons. The maximum Gasteiger partial charge on any atom is 0.339 e. The number of aromatic nitrogens is 1. The average molecular weight is 578 g/mol. The van der Waals surface area contributed by atoms with Crippen LogP contribution in [0.4, 0.5) is 11.4 Å². The van der Waals surface area contributed by atoms with Crippen LogP contribution in [0.5, 0.6) is 0 Å². The Morgan fingerprint density at radius 1 is 0.953 bits per heavy atom. The van der Waals surface area contributed by atoms with Gasteiger partial charge in [-0.15, -0.1) is 0 Å². The number of nitro groups is 1. The summed E-state index contributed by atoms with van der Waals surface area (Å²) in [5, 5.41) is 11.6. The number of nitrogens with zero attached hydrogens (tertiary/aromatic N) is 3. The van der Waals surface area contributed by atoms with E-state index >= 15 is 0 Å². The molecule has 4 aromatic rings. The van der Waals surface area contributed by atoms with E-state index in [2.05, 4.69) is 0 Å². The Hall–Kier alpha value is -5.25. The standard InChI is InChI=1S/C33H27N3O7/c1-19-9-14-28-26(15-19)27(33(40)43-18-30(37)21-5-4-6-23(16-21)36(41)42)17-29(34-28)20-10-12-22(13-11-20)35-31(38)24-7-2-3-8-25(24)32(35)39/h4-6,9-17,24-25H,2-3,7-8,18H2,1H3. The second-order valence-corrected chi connectivity index (χ2v) is 10.9. The minimum absolute atomic E-state index is 0.0624. The molecular weight excluding hydrogens is 550 g/mol. The van der Waals surface area contributed by atoms with Crippen LogP contribution in [0.15, 0.2) is 72.8 Å². The lowest BCUT2D eigenvalue weighted by Gasteiger charge is -2.19. The lowest BCUT2D eigenvalue weighted by molar-refractivity contribution is -0.384. The van der Waals surface area contributed by atoms with Gasteiger partial charge in [-0.25, -0.2) is 9.78 Å². The molecule has 10 heteroatoms. The molecule has 2 atom stereocenters. The lowest BCUT2D eigenvalue weighted by atomic mass is 9.81. The number of benzene rings is 3. The fraction of sp³-hybridized carbons (Fsp3) is 0.242. The highest BCUT2D eigenvalue weighted by molar-refractivity contribution is 6.22. The van der Waals surface area contributed by atoms with Crippen molar-refractivity contribution in [2.24, 2.45) is 11.8 Å². The monoisotopic (exact) mass is 577 g/mol. The first-order valence-corrected chi connectivity index (χ1v) is 14.1. The predicted octanol–water partition coefficient (Wildman–Crippen LogP) is 5.84. The fourth-order valence-electron chi connectivity index (χ4n) is 5.94. The summed E-state index contributed by atoms with van der Waals surface area (Å²) in [6, 6.07) is 19.2. The number of imide groups is 1. The maximum absolute atomic E-state index is 13.3. The van der Waals surface area contributed by atoms with Crippen LogP contribution in [0.2, 0.25) is 0 Å². The van der Waals surface area contributed by atoms with Crippen LogP contribution in [0.25, 0.3) is 22.2 Å². The number of rotatable bonds is 7. The zero-order chi connectivity index (χ0) is 30.2. The van der Waals surface area contributed by atoms with Gasteiger partial charge >= 0.3 is 5.97 Å². The van der Waals surface area contributed by atoms with E-state index in [0.29, 0.717) is 27.8 Å². The van der Waals surface area contributed by atoms with Gasteiger partial charge in [0.1, 0.15) is 0 Å². The average Bonchev–Trinajstić information content (AvgIpc) is 3.28. The number of aryl methyl sites for hydroxylation is 1. The van der Waals surface area contributed by atoms with E-state index in [9.17, 15) is 29.3 Å². The molecule has 3 aromatic carbocycles. The molecule has 6 rings (SSSR count). The number of hydrogen-bond donors (Lipinski definition) is 0. The second kappa shape index (κ2) is 11.2. The largest absolute Gasteiger partial charge is 0.454 e. The Morgan fingerprint density at radius 2 is 1.65 bits per heavy atom. The Kier molecular flexibility index (Phi) is 7.27. The van der Waals surface area contributed by atoms with Gasteiger partial charge in [-0.1, -0.05) is 48.7 Å². The van der Waals surface area contributed by atoms with Crippen molar-refractivity contribution in [1.29, 1.82) is 0 Å². The van der Waals surface area contributed by atoms with E-state index in [1.165, 1.54) is 23.1 Å². The van der Waals surface area contributed by atoms with Crippen molar-refractivity contribution < 1.29 is 28.8 Å². The number of hydrogen-bond acceptors (Lipinski definition) is 8. The van der Waals surface area contributed by atoms with Crippen molar-refractivity contribution in [2.75, 3.05) is 11.5 Å². The summed E-state index contributed by atoms with van der Waals surface area (Å²) in [4.78, 5) is 68.5. The van der Waals surface area contributed by atoms with E-state index in [-0.39, 0.29) is 40.5 Å². The van der Waals surface area contributed by atoms with Gasteiger partial charge < -0.3 is 4.74 Å². The molecule has 1 aliphatic heterocycles. The molecule has 2 heterocycles. The summed E-state index contributed by atoms with van der Waals surface area (Å²) in [7, 11) is 0. The van der Waals surface area contributed by atoms with Crippen molar-refractivity contribution in [2.45, 2.75) is 32.6 Å². The topological polar surface area (TPSA) is 137 Å². The highest BCUT2D eigenvalue weighted by atomic mass is 16.6. The first-order chi connectivity index (χ1) is 20.7. The molecule has 1 aromatic heterocycles. The van der Waals surface area contributed by atoms with Gasteiger partial charge in [0, 0.05) is 28.6 Å². The predicted molar refractivity (Wildman–Crippen MR) is 158 cm³/mol. The van der Waals surface area contributed by atoms with Gasteiger partial charge in [-0.05, 0) is 50.1 Å². The number of pyridine rings is 1. The van der Waals surface area contributed by atoms with Gasteiger partial charge in [0.05, 0.1) is 39.2 Å². The zero-order valence-corrected chi connectivity index (χ0v) is 23.3. The van der Waals surface area contributed by atoms with Crippen LogP contribution >= 0.6 is 0 Å². The summed E-state index contributed by atoms with van der Waals surface area (Å²) in [6.45, 7) is 1.28. The van der Waals surface area contributed by atoms with Crippen LogP contribution < -0.4 is 4.90 Å². The van der Waals surface area contributed by atoms with Crippen LogP contribution in [-0.2, 0) is 14.3 Å². The Bertz CT molecular complexity index is 1790. The van der Waals surface area contributed by atoms with E-state index in [4.69, 9.17) is 9.72 Å². The molecule has 0 spiro atoms. The molecule has 0 N–H and O–H groups in total. The third kappa shape index (κ3) is 5.27. The molecule has 2 unspecified atom stereocenters. The van der Waals surface area contributed by atoms with Crippen molar-refractivity contribution in [1.82, 2.24) is 4.98 Å². The Balaban J connectivity index is 1.27. The number of carbonyl (C=O) groups is 4. The smallest absolute Gasteiger partial charge is 0.339 e. The summed E-state index contributed by atoms with van der Waals surface area (Å²) in [6.07, 6.45) is 3.38. The molecule has 1 saturated carbocycles. The number of ketones is 1. The van der Waals surface area contributed by atoms with Gasteiger partial charge in [0.2, 0.25) is 17.6 Å². The highest BCUT2D eigenvalue weighted by Crippen LogP contribution is 2.40. The number of carbonyl (C=O) groups excluding carboxylic acids is 4. The molecule has 1 saturated heterocycles. The molecular formula is C33H27N3O7. The second-order valence-electron chi connectivity index (χ2n) is 10.9. The minimum atomic E-state index is -0.745. The van der Waals surface area contributed by atoms with Crippen LogP contribution in [0.3, 0.4) is 0 Å². The van der Waals surface area contributed by atoms with E-state index in [1.54, 1.807) is 42.5 Å². The van der Waals surface area contributed by atoms with Crippen LogP contribution in [0.1, 0.15) is 52.0 Å². The molecule has 2 fully saturated rings. The first kappa shape index (κ1) is 27.9. The quantitative estimate of drug-likeness (QED) is 0.0879. The van der Waals surface area contributed by atoms with E-state index in [1.807, 2.05) is 13.0 Å². The molecule has 1 aliphatic carbocycles. The van der Waals surface area contributed by atoms with Crippen molar-refractivity contribution in [3.8, 4) is 11.3 Å². The Labute approximate surface area is 246 Å². The number of anilines is 1. The molecule has 2 aliphatic rings. The highest BCUT2D eigenvalue weighted by Gasteiger charge is 2.48. The third-order valence-corrected chi connectivity index (χ3v) is 8.16. The molecule has 0 bridgehead atoms. The number of non-ortho nitro benzene ring substituents is 1. The molecule has 43 heavy (non-hydrogen) atoms. The molecule has 10 nitrogen and oxygen atoms in total. The van der Waals surface area contributed by atoms with Crippen molar-refractivity contribution in [3.05, 3.63) is 99.6 Å². The van der Waals surface area contributed by atoms with E-state index in [0.717, 1.165) is 37.3 Å². The van der Waals surface area contributed by atoms with E-state index < -0.39 is 23.3 Å². The third-order valence-electron chi connectivity index (χ3n) is 8.16. The number of nitro benzene ring substituents is 1.